The maximum atomic E-state index is 13.2. The number of nitrogens with zero attached hydrogens (tertiary/aromatic N) is 1. The average molecular weight is 334 g/mol. The molecule has 1 saturated heterocycles. The van der Waals surface area contributed by atoms with Gasteiger partial charge >= 0.3 is 0 Å². The number of hydrogen-bond acceptors (Lipinski definition) is 2. The number of carbonyl (C=O) groups is 1. The topological polar surface area (TPSA) is 32.3 Å². The normalized spacial score (nSPS) is 16.4. The second kappa shape index (κ2) is 8.63. The van der Waals surface area contributed by atoms with Gasteiger partial charge < -0.3 is 10.2 Å². The molecule has 2 atom stereocenters. The fourth-order valence-corrected chi connectivity index (χ4v) is 3.47. The zero-order valence-electron chi connectivity index (χ0n) is 14.6. The second-order valence-electron chi connectivity index (χ2n) is 6.55. The molecule has 0 spiro atoms. The largest absolute Gasteiger partial charge is 0.341 e. The van der Waals surface area contributed by atoms with E-state index in [0.717, 1.165) is 31.5 Å². The van der Waals surface area contributed by atoms with Crippen LogP contribution in [-0.2, 0) is 11.3 Å². The van der Waals surface area contributed by atoms with Crippen LogP contribution in [0.2, 0.25) is 0 Å². The average Bonchev–Trinajstić information content (AvgIpc) is 3.21. The molecular formula is C22H26N2O. The molecule has 3 nitrogen and oxygen atoms in total. The van der Waals surface area contributed by atoms with Crippen molar-refractivity contribution in [3.05, 3.63) is 84.4 Å². The maximum absolute atomic E-state index is 13.2. The lowest BCUT2D eigenvalue weighted by atomic mass is 9.90. The van der Waals surface area contributed by atoms with Crippen molar-refractivity contribution in [1.29, 1.82) is 0 Å². The molecule has 3 heteroatoms. The van der Waals surface area contributed by atoms with Crippen LogP contribution in [-0.4, -0.2) is 29.9 Å². The minimum Gasteiger partial charge on any atom is -0.341 e. The summed E-state index contributed by atoms with van der Waals surface area (Å²) in [5, 5.41) is 3.50. The van der Waals surface area contributed by atoms with E-state index in [1.165, 1.54) is 5.56 Å². The first-order chi connectivity index (χ1) is 12.3. The third kappa shape index (κ3) is 4.37. The number of hydrogen-bond donors (Lipinski definition) is 1. The summed E-state index contributed by atoms with van der Waals surface area (Å²) >= 11 is 0. The zero-order valence-corrected chi connectivity index (χ0v) is 14.6. The summed E-state index contributed by atoms with van der Waals surface area (Å²) in [7, 11) is 0. The summed E-state index contributed by atoms with van der Waals surface area (Å²) < 4.78 is 0. The van der Waals surface area contributed by atoms with Crippen LogP contribution >= 0.6 is 0 Å². The molecule has 0 bridgehead atoms. The van der Waals surface area contributed by atoms with Gasteiger partial charge in [0.15, 0.2) is 0 Å². The monoisotopic (exact) mass is 334 g/mol. The standard InChI is InChI=1S/C22H26N2O/c1-2-20(19-13-7-4-8-14-19)21(22(25)24-15-9-10-16-24)23-17-18-11-5-3-6-12-18/h2-8,11-14,20-21,23H,1,9-10,15-17H2/t20-,21-/m0/s1. The summed E-state index contributed by atoms with van der Waals surface area (Å²) in [4.78, 5) is 15.1. The van der Waals surface area contributed by atoms with E-state index in [9.17, 15) is 4.79 Å². The van der Waals surface area contributed by atoms with Gasteiger partial charge in [0.25, 0.3) is 0 Å². The van der Waals surface area contributed by atoms with Gasteiger partial charge in [-0.15, -0.1) is 6.58 Å². The van der Waals surface area contributed by atoms with Crippen LogP contribution in [0.1, 0.15) is 29.9 Å². The van der Waals surface area contributed by atoms with E-state index in [1.54, 1.807) is 0 Å². The Balaban J connectivity index is 1.82. The molecule has 2 aromatic carbocycles. The van der Waals surface area contributed by atoms with Gasteiger partial charge in [-0.05, 0) is 24.0 Å². The number of amides is 1. The van der Waals surface area contributed by atoms with Gasteiger partial charge in [-0.3, -0.25) is 4.79 Å². The molecule has 1 heterocycles. The lowest BCUT2D eigenvalue weighted by Gasteiger charge is -2.29. The molecule has 1 N–H and O–H groups in total. The van der Waals surface area contributed by atoms with Crippen molar-refractivity contribution in [3.63, 3.8) is 0 Å². The molecule has 1 aliphatic heterocycles. The van der Waals surface area contributed by atoms with E-state index in [4.69, 9.17) is 0 Å². The molecule has 1 fully saturated rings. The van der Waals surface area contributed by atoms with Crippen LogP contribution in [0.15, 0.2) is 73.3 Å². The molecular weight excluding hydrogens is 308 g/mol. The van der Waals surface area contributed by atoms with Gasteiger partial charge in [0.1, 0.15) is 0 Å². The number of rotatable bonds is 7. The van der Waals surface area contributed by atoms with Crippen molar-refractivity contribution in [2.75, 3.05) is 13.1 Å². The molecule has 1 aliphatic rings. The second-order valence-corrected chi connectivity index (χ2v) is 6.55. The van der Waals surface area contributed by atoms with Crippen LogP contribution < -0.4 is 5.32 Å². The zero-order chi connectivity index (χ0) is 17.5. The summed E-state index contributed by atoms with van der Waals surface area (Å²) in [6.45, 7) is 6.40. The molecule has 3 rings (SSSR count). The van der Waals surface area contributed by atoms with E-state index in [2.05, 4.69) is 36.2 Å². The van der Waals surface area contributed by atoms with E-state index in [0.29, 0.717) is 6.54 Å². The lowest BCUT2D eigenvalue weighted by molar-refractivity contribution is -0.132. The molecule has 130 valence electrons. The van der Waals surface area contributed by atoms with E-state index < -0.39 is 0 Å². The Morgan fingerprint density at radius 1 is 1.04 bits per heavy atom. The quantitative estimate of drug-likeness (QED) is 0.783. The van der Waals surface area contributed by atoms with Crippen LogP contribution in [0.4, 0.5) is 0 Å². The first kappa shape index (κ1) is 17.4. The van der Waals surface area contributed by atoms with Crippen molar-refractivity contribution in [3.8, 4) is 0 Å². The molecule has 0 aliphatic carbocycles. The highest BCUT2D eigenvalue weighted by atomic mass is 16.2. The SMILES string of the molecule is C=C[C@@H](c1ccccc1)[C@H](NCc1ccccc1)C(=O)N1CCCC1. The van der Waals surface area contributed by atoms with Crippen molar-refractivity contribution in [1.82, 2.24) is 10.2 Å². The molecule has 2 aromatic rings. The van der Waals surface area contributed by atoms with E-state index >= 15 is 0 Å². The van der Waals surface area contributed by atoms with E-state index in [1.807, 2.05) is 47.4 Å². The first-order valence-electron chi connectivity index (χ1n) is 9.03. The van der Waals surface area contributed by atoms with Crippen molar-refractivity contribution >= 4 is 5.91 Å². The smallest absolute Gasteiger partial charge is 0.240 e. The predicted octanol–water partition coefficient (Wildman–Crippen LogP) is 3.74. The highest BCUT2D eigenvalue weighted by Crippen LogP contribution is 2.24. The predicted molar refractivity (Wildman–Crippen MR) is 102 cm³/mol. The summed E-state index contributed by atoms with van der Waals surface area (Å²) in [6, 6.07) is 20.1. The van der Waals surface area contributed by atoms with Gasteiger partial charge in [0.05, 0.1) is 6.04 Å². The minimum absolute atomic E-state index is 0.0435. The lowest BCUT2D eigenvalue weighted by Crippen LogP contribution is -2.48. The van der Waals surface area contributed by atoms with Gasteiger partial charge in [-0.25, -0.2) is 0 Å². The fourth-order valence-electron chi connectivity index (χ4n) is 3.47. The van der Waals surface area contributed by atoms with Crippen LogP contribution in [0, 0.1) is 0 Å². The molecule has 25 heavy (non-hydrogen) atoms. The Kier molecular flexibility index (Phi) is 6.02. The summed E-state index contributed by atoms with van der Waals surface area (Å²) in [6.07, 6.45) is 4.09. The Morgan fingerprint density at radius 3 is 2.24 bits per heavy atom. The fraction of sp³-hybridized carbons (Fsp3) is 0.318. The minimum atomic E-state index is -0.293. The number of carbonyl (C=O) groups excluding carboxylic acids is 1. The van der Waals surface area contributed by atoms with Crippen LogP contribution in [0.3, 0.4) is 0 Å². The van der Waals surface area contributed by atoms with Crippen molar-refractivity contribution in [2.24, 2.45) is 0 Å². The molecule has 0 unspecified atom stereocenters. The number of benzene rings is 2. The van der Waals surface area contributed by atoms with Gasteiger partial charge in [0, 0.05) is 25.6 Å². The third-order valence-electron chi connectivity index (χ3n) is 4.85. The Morgan fingerprint density at radius 2 is 1.64 bits per heavy atom. The Labute approximate surface area is 150 Å². The Hall–Kier alpha value is -2.39. The number of nitrogens with one attached hydrogen (secondary N) is 1. The molecule has 0 radical (unpaired) electrons. The highest BCUT2D eigenvalue weighted by Gasteiger charge is 2.31. The summed E-state index contributed by atoms with van der Waals surface area (Å²) in [5.74, 6) is 0.139. The van der Waals surface area contributed by atoms with Crippen molar-refractivity contribution < 1.29 is 4.79 Å². The van der Waals surface area contributed by atoms with Crippen molar-refractivity contribution in [2.45, 2.75) is 31.3 Å². The maximum Gasteiger partial charge on any atom is 0.240 e. The highest BCUT2D eigenvalue weighted by molar-refractivity contribution is 5.83. The number of likely N-dealkylation sites (tertiary alicyclic amines) is 1. The van der Waals surface area contributed by atoms with Crippen LogP contribution in [0.25, 0.3) is 0 Å². The molecule has 0 saturated carbocycles. The third-order valence-corrected chi connectivity index (χ3v) is 4.85. The summed E-state index contributed by atoms with van der Waals surface area (Å²) in [5.41, 5.74) is 2.30. The van der Waals surface area contributed by atoms with Crippen LogP contribution in [0.5, 0.6) is 0 Å². The van der Waals surface area contributed by atoms with Gasteiger partial charge in [0.2, 0.25) is 5.91 Å². The molecule has 0 aromatic heterocycles. The molecule has 1 amide bonds. The van der Waals surface area contributed by atoms with Gasteiger partial charge in [-0.2, -0.15) is 0 Å². The first-order valence-corrected chi connectivity index (χ1v) is 9.03. The van der Waals surface area contributed by atoms with Gasteiger partial charge in [-0.1, -0.05) is 66.7 Å². The van der Waals surface area contributed by atoms with E-state index in [-0.39, 0.29) is 17.9 Å². The Bertz CT molecular complexity index is 678.